The molecule has 0 radical (unpaired) electrons. The minimum Gasteiger partial charge on any atom is -0.476 e. The Balaban J connectivity index is 1.71. The molecule has 5 heteroatoms. The molecule has 4 nitrogen and oxygen atoms in total. The van der Waals surface area contributed by atoms with E-state index in [1.54, 1.807) is 16.8 Å². The van der Waals surface area contributed by atoms with E-state index in [0.717, 1.165) is 36.0 Å². The van der Waals surface area contributed by atoms with E-state index in [2.05, 4.69) is 10.4 Å². The fraction of sp³-hybridized carbons (Fsp3) is 0.350. The quantitative estimate of drug-likeness (QED) is 0.785. The van der Waals surface area contributed by atoms with Crippen molar-refractivity contribution in [2.24, 2.45) is 5.92 Å². The first-order chi connectivity index (χ1) is 12.2. The Morgan fingerprint density at radius 3 is 2.96 bits per heavy atom. The van der Waals surface area contributed by atoms with Crippen molar-refractivity contribution >= 4 is 10.9 Å². The van der Waals surface area contributed by atoms with Crippen LogP contribution in [0.4, 0.5) is 4.39 Å². The highest BCUT2D eigenvalue weighted by molar-refractivity contribution is 5.86. The molecule has 0 saturated carbocycles. The molecule has 1 N–H and O–H groups in total. The van der Waals surface area contributed by atoms with E-state index in [1.807, 2.05) is 31.2 Å². The van der Waals surface area contributed by atoms with Crippen molar-refractivity contribution in [1.29, 1.82) is 0 Å². The Morgan fingerprint density at radius 2 is 2.16 bits per heavy atom. The van der Waals surface area contributed by atoms with Crippen LogP contribution in [0.3, 0.4) is 0 Å². The smallest absolute Gasteiger partial charge is 0.241 e. The van der Waals surface area contributed by atoms with Gasteiger partial charge < -0.3 is 10.1 Å². The van der Waals surface area contributed by atoms with Crippen molar-refractivity contribution < 1.29 is 9.13 Å². The summed E-state index contributed by atoms with van der Waals surface area (Å²) in [7, 11) is 0. The normalized spacial score (nSPS) is 17.8. The number of hydrogen-bond donors (Lipinski definition) is 1. The average molecular weight is 339 g/mol. The highest BCUT2D eigenvalue weighted by Gasteiger charge is 2.18. The number of benzene rings is 2. The minimum atomic E-state index is -0.295. The van der Waals surface area contributed by atoms with E-state index in [1.165, 1.54) is 12.5 Å². The lowest BCUT2D eigenvalue weighted by molar-refractivity contribution is 0.213. The van der Waals surface area contributed by atoms with Crippen molar-refractivity contribution in [3.05, 3.63) is 53.8 Å². The lowest BCUT2D eigenvalue weighted by Gasteiger charge is -2.22. The first-order valence-corrected chi connectivity index (χ1v) is 8.80. The van der Waals surface area contributed by atoms with Crippen LogP contribution in [-0.2, 0) is 0 Å². The zero-order valence-corrected chi connectivity index (χ0v) is 14.3. The number of halogens is 1. The number of aromatic nitrogens is 2. The SMILES string of the molecule is Cc1ccc2c(OCC3CCCNC3)nn(-c3ccccc3F)c2c1. The third kappa shape index (κ3) is 3.24. The van der Waals surface area contributed by atoms with Gasteiger partial charge in [-0.25, -0.2) is 9.07 Å². The Labute approximate surface area is 146 Å². The maximum absolute atomic E-state index is 14.3. The number of rotatable bonds is 4. The number of nitrogens with zero attached hydrogens (tertiary/aromatic N) is 2. The summed E-state index contributed by atoms with van der Waals surface area (Å²) in [4.78, 5) is 0. The topological polar surface area (TPSA) is 39.1 Å². The Kier molecular flexibility index (Phi) is 4.40. The van der Waals surface area contributed by atoms with E-state index in [-0.39, 0.29) is 5.82 Å². The van der Waals surface area contributed by atoms with Crippen LogP contribution in [-0.4, -0.2) is 29.5 Å². The molecule has 0 spiro atoms. The van der Waals surface area contributed by atoms with Crippen LogP contribution in [0.15, 0.2) is 42.5 Å². The minimum absolute atomic E-state index is 0.295. The van der Waals surface area contributed by atoms with E-state index < -0.39 is 0 Å². The Hall–Kier alpha value is -2.40. The molecule has 4 rings (SSSR count). The van der Waals surface area contributed by atoms with Crippen molar-refractivity contribution in [2.45, 2.75) is 19.8 Å². The van der Waals surface area contributed by atoms with Gasteiger partial charge in [-0.15, -0.1) is 5.10 Å². The zero-order chi connectivity index (χ0) is 17.2. The molecule has 130 valence electrons. The summed E-state index contributed by atoms with van der Waals surface area (Å²) in [5, 5.41) is 8.89. The number of nitrogens with one attached hydrogen (secondary N) is 1. The van der Waals surface area contributed by atoms with Crippen LogP contribution in [0.25, 0.3) is 16.6 Å². The summed E-state index contributed by atoms with van der Waals surface area (Å²) in [5.74, 6) is 0.771. The number of fused-ring (bicyclic) bond motifs is 1. The number of para-hydroxylation sites is 1. The van der Waals surface area contributed by atoms with Gasteiger partial charge in [0.25, 0.3) is 0 Å². The molecule has 1 fully saturated rings. The van der Waals surface area contributed by atoms with Crippen molar-refractivity contribution in [3.63, 3.8) is 0 Å². The zero-order valence-electron chi connectivity index (χ0n) is 14.3. The second-order valence-electron chi connectivity index (χ2n) is 6.71. The molecular weight excluding hydrogens is 317 g/mol. The van der Waals surface area contributed by atoms with Crippen LogP contribution >= 0.6 is 0 Å². The monoisotopic (exact) mass is 339 g/mol. The van der Waals surface area contributed by atoms with Gasteiger partial charge in [0.15, 0.2) is 0 Å². The predicted molar refractivity (Wildman–Crippen MR) is 96.9 cm³/mol. The molecule has 3 aromatic rings. The molecule has 1 unspecified atom stereocenters. The molecule has 1 aliphatic rings. The second-order valence-corrected chi connectivity index (χ2v) is 6.71. The molecule has 25 heavy (non-hydrogen) atoms. The number of aryl methyl sites for hydroxylation is 1. The summed E-state index contributed by atoms with van der Waals surface area (Å²) < 4.78 is 22.0. The summed E-state index contributed by atoms with van der Waals surface area (Å²) >= 11 is 0. The molecule has 0 aliphatic carbocycles. The molecule has 1 atom stereocenters. The highest BCUT2D eigenvalue weighted by atomic mass is 19.1. The van der Waals surface area contributed by atoms with E-state index in [4.69, 9.17) is 4.74 Å². The average Bonchev–Trinajstić information content (AvgIpc) is 2.99. The van der Waals surface area contributed by atoms with E-state index in [0.29, 0.717) is 24.1 Å². The number of ether oxygens (including phenoxy) is 1. The molecule has 1 aromatic heterocycles. The second kappa shape index (κ2) is 6.84. The van der Waals surface area contributed by atoms with Gasteiger partial charge in [-0.1, -0.05) is 18.2 Å². The van der Waals surface area contributed by atoms with Crippen LogP contribution in [0.1, 0.15) is 18.4 Å². The van der Waals surface area contributed by atoms with Crippen molar-refractivity contribution in [2.75, 3.05) is 19.7 Å². The van der Waals surface area contributed by atoms with Gasteiger partial charge >= 0.3 is 0 Å². The van der Waals surface area contributed by atoms with Crippen molar-refractivity contribution in [3.8, 4) is 11.6 Å². The number of hydrogen-bond acceptors (Lipinski definition) is 3. The van der Waals surface area contributed by atoms with E-state index in [9.17, 15) is 4.39 Å². The molecular formula is C20H22FN3O. The molecule has 1 aliphatic heterocycles. The Morgan fingerprint density at radius 1 is 1.28 bits per heavy atom. The van der Waals surface area contributed by atoms with Gasteiger partial charge in [-0.2, -0.15) is 0 Å². The first-order valence-electron chi connectivity index (χ1n) is 8.80. The van der Waals surface area contributed by atoms with Gasteiger partial charge in [0, 0.05) is 12.5 Å². The van der Waals surface area contributed by atoms with Crippen LogP contribution in [0.5, 0.6) is 5.88 Å². The molecule has 0 amide bonds. The van der Waals surface area contributed by atoms with Gasteiger partial charge in [-0.3, -0.25) is 0 Å². The lowest BCUT2D eigenvalue weighted by Crippen LogP contribution is -2.33. The fourth-order valence-corrected chi connectivity index (χ4v) is 3.37. The van der Waals surface area contributed by atoms with Crippen molar-refractivity contribution in [1.82, 2.24) is 15.1 Å². The standard InChI is InChI=1S/C20H22FN3O/c1-14-8-9-16-19(11-14)24(18-7-3-2-6-17(18)21)23-20(16)25-13-15-5-4-10-22-12-15/h2-3,6-9,11,15,22H,4-5,10,12-13H2,1H3. The molecule has 2 heterocycles. The van der Waals surface area contributed by atoms with Gasteiger partial charge in [0.05, 0.1) is 17.5 Å². The Bertz CT molecular complexity index is 884. The summed E-state index contributed by atoms with van der Waals surface area (Å²) in [5.41, 5.74) is 2.40. The van der Waals surface area contributed by atoms with E-state index >= 15 is 0 Å². The van der Waals surface area contributed by atoms with Gasteiger partial charge in [0.1, 0.15) is 11.5 Å². The molecule has 0 bridgehead atoms. The first kappa shape index (κ1) is 16.1. The maximum Gasteiger partial charge on any atom is 0.241 e. The molecule has 1 saturated heterocycles. The molecule has 2 aromatic carbocycles. The summed E-state index contributed by atoms with van der Waals surface area (Å²) in [6.45, 7) is 4.71. The fourth-order valence-electron chi connectivity index (χ4n) is 3.37. The highest BCUT2D eigenvalue weighted by Crippen LogP contribution is 2.29. The summed E-state index contributed by atoms with van der Waals surface area (Å²) in [6.07, 6.45) is 2.34. The summed E-state index contributed by atoms with van der Waals surface area (Å²) in [6, 6.07) is 12.7. The lowest BCUT2D eigenvalue weighted by atomic mass is 10.0. The number of piperidine rings is 1. The largest absolute Gasteiger partial charge is 0.476 e. The van der Waals surface area contributed by atoms with Gasteiger partial charge in [0.2, 0.25) is 5.88 Å². The third-order valence-corrected chi connectivity index (χ3v) is 4.74. The van der Waals surface area contributed by atoms with Crippen LogP contribution in [0.2, 0.25) is 0 Å². The van der Waals surface area contributed by atoms with Crippen LogP contribution < -0.4 is 10.1 Å². The third-order valence-electron chi connectivity index (χ3n) is 4.74. The van der Waals surface area contributed by atoms with Crippen LogP contribution in [0, 0.1) is 18.7 Å². The predicted octanol–water partition coefficient (Wildman–Crippen LogP) is 3.85. The maximum atomic E-state index is 14.3. The van der Waals surface area contributed by atoms with Gasteiger partial charge in [-0.05, 0) is 56.1 Å².